The lowest BCUT2D eigenvalue weighted by atomic mass is 9.79. The van der Waals surface area contributed by atoms with Crippen molar-refractivity contribution in [2.24, 2.45) is 0 Å². The van der Waals surface area contributed by atoms with Gasteiger partial charge in [-0.15, -0.1) is 0 Å². The Labute approximate surface area is 189 Å². The second-order valence-electron chi connectivity index (χ2n) is 8.67. The summed E-state index contributed by atoms with van der Waals surface area (Å²) < 4.78 is 37.7. The zero-order valence-electron chi connectivity index (χ0n) is 18.1. The highest BCUT2D eigenvalue weighted by Crippen LogP contribution is 2.38. The van der Waals surface area contributed by atoms with Crippen LogP contribution in [0.25, 0.3) is 0 Å². The minimum Gasteiger partial charge on any atom is -0.384 e. The Balaban J connectivity index is 1.20. The summed E-state index contributed by atoms with van der Waals surface area (Å²) in [5.74, 6) is -0.299. The van der Waals surface area contributed by atoms with Crippen LogP contribution >= 0.6 is 0 Å². The summed E-state index contributed by atoms with van der Waals surface area (Å²) in [6.07, 6.45) is 2.41. The highest BCUT2D eigenvalue weighted by molar-refractivity contribution is 5.80. The molecule has 1 amide bonds. The molecule has 8 nitrogen and oxygen atoms in total. The van der Waals surface area contributed by atoms with Gasteiger partial charge in [0.15, 0.2) is 0 Å². The van der Waals surface area contributed by atoms with Crippen molar-refractivity contribution in [1.82, 2.24) is 25.2 Å². The number of hydrogen-bond acceptors (Lipinski definition) is 7. The van der Waals surface area contributed by atoms with Crippen molar-refractivity contribution in [1.29, 1.82) is 0 Å². The zero-order chi connectivity index (χ0) is 23.5. The fourth-order valence-electron chi connectivity index (χ4n) is 4.58. The third-order valence-electron chi connectivity index (χ3n) is 6.41. The quantitative estimate of drug-likeness (QED) is 0.603. The van der Waals surface area contributed by atoms with Crippen molar-refractivity contribution in [2.75, 3.05) is 25.0 Å². The number of halogens is 3. The number of hydrogen-bond donors (Lipinski definition) is 3. The molecule has 0 spiro atoms. The van der Waals surface area contributed by atoms with Gasteiger partial charge in [0.05, 0.1) is 17.8 Å². The number of anilines is 1. The second-order valence-corrected chi connectivity index (χ2v) is 8.67. The van der Waals surface area contributed by atoms with E-state index in [4.69, 9.17) is 0 Å². The number of rotatable bonds is 6. The van der Waals surface area contributed by atoms with E-state index in [9.17, 15) is 23.1 Å². The number of alkyl halides is 3. The molecule has 33 heavy (non-hydrogen) atoms. The third kappa shape index (κ3) is 5.77. The lowest BCUT2D eigenvalue weighted by Crippen LogP contribution is -2.44. The smallest absolute Gasteiger partial charge is 0.384 e. The Morgan fingerprint density at radius 2 is 1.88 bits per heavy atom. The average molecular weight is 464 g/mol. The Hall–Kier alpha value is -2.79. The zero-order valence-corrected chi connectivity index (χ0v) is 18.1. The van der Waals surface area contributed by atoms with Crippen LogP contribution in [0.1, 0.15) is 43.4 Å². The van der Waals surface area contributed by atoms with Gasteiger partial charge in [0.2, 0.25) is 11.9 Å². The van der Waals surface area contributed by atoms with Gasteiger partial charge in [-0.3, -0.25) is 14.7 Å². The Morgan fingerprint density at radius 3 is 2.52 bits per heavy atom. The van der Waals surface area contributed by atoms with Crippen molar-refractivity contribution < 1.29 is 23.1 Å². The third-order valence-corrected chi connectivity index (χ3v) is 6.41. The molecular weight excluding hydrogens is 437 g/mol. The van der Waals surface area contributed by atoms with Crippen LogP contribution in [0.2, 0.25) is 0 Å². The number of aromatic nitrogens is 3. The fraction of sp³-hybridized carbons (Fsp3) is 0.545. The van der Waals surface area contributed by atoms with Crippen molar-refractivity contribution >= 4 is 11.9 Å². The van der Waals surface area contributed by atoms with Crippen molar-refractivity contribution in [3.63, 3.8) is 0 Å². The molecule has 1 aliphatic heterocycles. The first-order valence-electron chi connectivity index (χ1n) is 11.0. The fourth-order valence-corrected chi connectivity index (χ4v) is 4.58. The van der Waals surface area contributed by atoms with Crippen LogP contribution in [0, 0.1) is 0 Å². The molecule has 3 N–H and O–H groups in total. The van der Waals surface area contributed by atoms with Crippen LogP contribution in [0.4, 0.5) is 19.1 Å². The molecule has 0 bridgehead atoms. The van der Waals surface area contributed by atoms with E-state index in [1.165, 1.54) is 0 Å². The summed E-state index contributed by atoms with van der Waals surface area (Å²) in [6.45, 7) is 1.48. The molecule has 2 aromatic rings. The standard InChI is InChI=1S/C22H27F3N6O2/c23-22(24,25)15-11-27-20(28-12-15)29-13-19(32)30-16-6-10-31(14-16)17-4-7-21(33,8-5-17)18-3-1-2-9-26-18/h1-3,9,11-12,16-17,33H,4-8,10,13-14H2,(H,30,32)(H,27,28,29)/t16-,17?,21?/m1/s1. The Morgan fingerprint density at radius 1 is 1.15 bits per heavy atom. The summed E-state index contributed by atoms with van der Waals surface area (Å²) in [7, 11) is 0. The van der Waals surface area contributed by atoms with E-state index in [1.54, 1.807) is 6.20 Å². The number of likely N-dealkylation sites (tertiary alicyclic amines) is 1. The maximum Gasteiger partial charge on any atom is 0.419 e. The molecule has 4 rings (SSSR count). The minimum atomic E-state index is -4.50. The molecule has 178 valence electrons. The number of aliphatic hydroxyl groups is 1. The van der Waals surface area contributed by atoms with Crippen molar-refractivity contribution in [3.05, 3.63) is 48.0 Å². The highest BCUT2D eigenvalue weighted by Gasteiger charge is 2.39. The molecule has 0 aromatic carbocycles. The van der Waals surface area contributed by atoms with Gasteiger partial charge in [0, 0.05) is 43.8 Å². The topological polar surface area (TPSA) is 103 Å². The van der Waals surface area contributed by atoms with Crippen LogP contribution in [-0.2, 0) is 16.6 Å². The first kappa shape index (κ1) is 23.4. The van der Waals surface area contributed by atoms with Gasteiger partial charge in [0.25, 0.3) is 0 Å². The maximum atomic E-state index is 12.6. The molecule has 1 saturated heterocycles. The first-order chi connectivity index (χ1) is 15.7. The van der Waals surface area contributed by atoms with E-state index < -0.39 is 17.3 Å². The number of carbonyl (C=O) groups is 1. The molecular formula is C22H27F3N6O2. The summed E-state index contributed by atoms with van der Waals surface area (Å²) in [5, 5.41) is 16.6. The van der Waals surface area contributed by atoms with E-state index in [-0.39, 0.29) is 24.4 Å². The van der Waals surface area contributed by atoms with E-state index >= 15 is 0 Å². The first-order valence-corrected chi connectivity index (χ1v) is 11.0. The average Bonchev–Trinajstić information content (AvgIpc) is 3.27. The lowest BCUT2D eigenvalue weighted by molar-refractivity contribution is -0.138. The molecule has 11 heteroatoms. The largest absolute Gasteiger partial charge is 0.419 e. The summed E-state index contributed by atoms with van der Waals surface area (Å²) in [6, 6.07) is 5.95. The van der Waals surface area contributed by atoms with E-state index in [0.29, 0.717) is 31.3 Å². The van der Waals surface area contributed by atoms with Gasteiger partial charge < -0.3 is 15.7 Å². The highest BCUT2D eigenvalue weighted by atomic mass is 19.4. The molecule has 1 atom stereocenters. The van der Waals surface area contributed by atoms with Crippen LogP contribution < -0.4 is 10.6 Å². The van der Waals surface area contributed by atoms with Crippen LogP contribution in [-0.4, -0.2) is 62.6 Å². The van der Waals surface area contributed by atoms with Gasteiger partial charge in [-0.2, -0.15) is 13.2 Å². The van der Waals surface area contributed by atoms with Crippen LogP contribution in [0.3, 0.4) is 0 Å². The lowest BCUT2D eigenvalue weighted by Gasteiger charge is -2.39. The number of carbonyl (C=O) groups excluding carboxylic acids is 1. The van der Waals surface area contributed by atoms with Gasteiger partial charge in [0.1, 0.15) is 5.60 Å². The number of pyridine rings is 1. The Bertz CT molecular complexity index is 933. The van der Waals surface area contributed by atoms with Gasteiger partial charge in [-0.05, 0) is 44.2 Å². The van der Waals surface area contributed by atoms with Crippen molar-refractivity contribution in [2.45, 2.75) is 56.0 Å². The van der Waals surface area contributed by atoms with Crippen LogP contribution in [0.15, 0.2) is 36.8 Å². The minimum absolute atomic E-state index is 0.00410. The summed E-state index contributed by atoms with van der Waals surface area (Å²) in [5.41, 5.74) is -1.10. The van der Waals surface area contributed by atoms with E-state index in [1.807, 2.05) is 18.2 Å². The molecule has 0 radical (unpaired) electrons. The molecule has 2 aromatic heterocycles. The summed E-state index contributed by atoms with van der Waals surface area (Å²) in [4.78, 5) is 26.1. The normalized spacial score (nSPS) is 26.2. The maximum absolute atomic E-state index is 12.6. The van der Waals surface area contributed by atoms with Gasteiger partial charge in [-0.1, -0.05) is 6.07 Å². The molecule has 2 aliphatic rings. The SMILES string of the molecule is O=C(CNc1ncc(C(F)(F)F)cn1)N[C@@H]1CCN(C2CCC(O)(c3ccccn3)CC2)C1. The van der Waals surface area contributed by atoms with Crippen molar-refractivity contribution in [3.8, 4) is 0 Å². The van der Waals surface area contributed by atoms with Gasteiger partial charge >= 0.3 is 6.18 Å². The molecule has 3 heterocycles. The monoisotopic (exact) mass is 464 g/mol. The Kier molecular flexibility index (Phi) is 6.80. The number of nitrogens with one attached hydrogen (secondary N) is 2. The predicted molar refractivity (Wildman–Crippen MR) is 114 cm³/mol. The van der Waals surface area contributed by atoms with E-state index in [0.717, 1.165) is 38.0 Å². The van der Waals surface area contributed by atoms with E-state index in [2.05, 4.69) is 30.5 Å². The second kappa shape index (κ2) is 9.60. The molecule has 2 fully saturated rings. The molecule has 1 saturated carbocycles. The molecule has 0 unspecified atom stereocenters. The number of amides is 1. The predicted octanol–water partition coefficient (Wildman–Crippen LogP) is 2.32. The number of nitrogens with zero attached hydrogens (tertiary/aromatic N) is 4. The van der Waals surface area contributed by atoms with Crippen LogP contribution in [0.5, 0.6) is 0 Å². The molecule has 1 aliphatic carbocycles. The van der Waals surface area contributed by atoms with Gasteiger partial charge in [-0.25, -0.2) is 9.97 Å². The summed E-state index contributed by atoms with van der Waals surface area (Å²) >= 11 is 0.